The van der Waals surface area contributed by atoms with Crippen LogP contribution in [-0.2, 0) is 23.5 Å². The average molecular weight is 366 g/mol. The fourth-order valence-corrected chi connectivity index (χ4v) is 1.27. The SMILES string of the molecule is O=C([O-])C(=O)CC[C@@H](O)[C@H](O)C(=O)COP(=O)([O-])[O-].[Na+].[Na+].[Na+]. The van der Waals surface area contributed by atoms with Gasteiger partial charge in [-0.25, -0.2) is 0 Å². The van der Waals surface area contributed by atoms with E-state index < -0.39 is 57.0 Å². The van der Waals surface area contributed by atoms with Gasteiger partial charge in [-0.15, -0.1) is 0 Å². The van der Waals surface area contributed by atoms with Crippen molar-refractivity contribution in [3.8, 4) is 0 Å². The van der Waals surface area contributed by atoms with Gasteiger partial charge >= 0.3 is 88.7 Å². The molecule has 0 spiro atoms. The fraction of sp³-hybridized carbons (Fsp3) is 0.625. The van der Waals surface area contributed by atoms with E-state index in [0.29, 0.717) is 0 Å². The number of aliphatic carboxylic acids is 1. The second kappa shape index (κ2) is 15.1. The van der Waals surface area contributed by atoms with E-state index >= 15 is 0 Å². The van der Waals surface area contributed by atoms with Gasteiger partial charge in [-0.2, -0.15) is 0 Å². The number of carbonyl (C=O) groups is 3. The first-order valence-electron chi connectivity index (χ1n) is 4.84. The molecule has 0 fully saturated rings. The van der Waals surface area contributed by atoms with Crippen molar-refractivity contribution in [2.75, 3.05) is 6.61 Å². The molecule has 14 heteroatoms. The van der Waals surface area contributed by atoms with Crippen LogP contribution in [0.1, 0.15) is 12.8 Å². The van der Waals surface area contributed by atoms with Crippen molar-refractivity contribution in [2.45, 2.75) is 25.0 Å². The minimum absolute atomic E-state index is 0. The largest absolute Gasteiger partial charge is 1.00 e. The van der Waals surface area contributed by atoms with E-state index in [0.717, 1.165) is 0 Å². The van der Waals surface area contributed by atoms with Crippen LogP contribution in [0.5, 0.6) is 0 Å². The number of carboxylic acid groups (broad SMARTS) is 1. The van der Waals surface area contributed by atoms with Gasteiger partial charge in [-0.3, -0.25) is 9.59 Å². The number of hydrogen-bond donors (Lipinski definition) is 2. The molecule has 0 radical (unpaired) electrons. The molecule has 0 heterocycles. The predicted molar refractivity (Wildman–Crippen MR) is 49.8 cm³/mol. The quantitative estimate of drug-likeness (QED) is 0.225. The van der Waals surface area contributed by atoms with Crippen LogP contribution in [0, 0.1) is 0 Å². The van der Waals surface area contributed by atoms with Crippen LogP contribution in [0.3, 0.4) is 0 Å². The first-order chi connectivity index (χ1) is 8.54. The second-order valence-corrected chi connectivity index (χ2v) is 4.60. The van der Waals surface area contributed by atoms with Crippen LogP contribution >= 0.6 is 7.82 Å². The Kier molecular flexibility index (Phi) is 21.7. The zero-order valence-corrected chi connectivity index (χ0v) is 19.3. The van der Waals surface area contributed by atoms with Gasteiger partial charge in [0.1, 0.15) is 18.7 Å². The van der Waals surface area contributed by atoms with E-state index in [1.807, 2.05) is 0 Å². The van der Waals surface area contributed by atoms with Crippen LogP contribution in [-0.4, -0.2) is 46.6 Å². The van der Waals surface area contributed by atoms with Crippen LogP contribution in [0.2, 0.25) is 0 Å². The molecule has 2 atom stereocenters. The Morgan fingerprint density at radius 1 is 1.09 bits per heavy atom. The van der Waals surface area contributed by atoms with E-state index in [4.69, 9.17) is 0 Å². The molecular weight excluding hydrogens is 356 g/mol. The molecular formula is C8H10Na3O10P. The van der Waals surface area contributed by atoms with E-state index in [-0.39, 0.29) is 88.7 Å². The number of aliphatic hydroxyl groups is 2. The van der Waals surface area contributed by atoms with Gasteiger partial charge in [0.05, 0.1) is 13.9 Å². The molecule has 10 nitrogen and oxygen atoms in total. The van der Waals surface area contributed by atoms with Crippen LogP contribution in [0.25, 0.3) is 0 Å². The Morgan fingerprint density at radius 3 is 1.91 bits per heavy atom. The maximum atomic E-state index is 11.1. The Morgan fingerprint density at radius 2 is 1.55 bits per heavy atom. The number of phosphoric acid groups is 1. The van der Waals surface area contributed by atoms with Gasteiger partial charge in [0.25, 0.3) is 0 Å². The van der Waals surface area contributed by atoms with E-state index in [1.54, 1.807) is 0 Å². The molecule has 0 amide bonds. The number of hydrogen-bond acceptors (Lipinski definition) is 10. The molecule has 0 aromatic rings. The third kappa shape index (κ3) is 15.4. The minimum Gasteiger partial charge on any atom is -0.790 e. The molecule has 22 heavy (non-hydrogen) atoms. The summed E-state index contributed by atoms with van der Waals surface area (Å²) in [4.78, 5) is 51.8. The number of ketones is 2. The maximum Gasteiger partial charge on any atom is 1.00 e. The Balaban J connectivity index is -0.000000540. The third-order valence-electron chi connectivity index (χ3n) is 1.95. The molecule has 0 unspecified atom stereocenters. The first kappa shape index (κ1) is 31.6. The van der Waals surface area contributed by atoms with Crippen LogP contribution < -0.4 is 104 Å². The van der Waals surface area contributed by atoms with Gasteiger partial charge < -0.3 is 39.0 Å². The van der Waals surface area contributed by atoms with Gasteiger partial charge in [-0.05, 0) is 6.42 Å². The van der Waals surface area contributed by atoms with Crippen molar-refractivity contribution >= 4 is 25.4 Å². The molecule has 0 aromatic heterocycles. The summed E-state index contributed by atoms with van der Waals surface area (Å²) in [6.07, 6.45) is -5.17. The summed E-state index contributed by atoms with van der Waals surface area (Å²) < 4.78 is 13.6. The number of carboxylic acids is 1. The molecule has 0 bridgehead atoms. The molecule has 110 valence electrons. The Bertz CT molecular complexity index is 411. The molecule has 2 N–H and O–H groups in total. The van der Waals surface area contributed by atoms with Crippen LogP contribution in [0.4, 0.5) is 0 Å². The van der Waals surface area contributed by atoms with Crippen molar-refractivity contribution in [2.24, 2.45) is 0 Å². The predicted octanol–water partition coefficient (Wildman–Crippen LogP) is -13.8. The summed E-state index contributed by atoms with van der Waals surface area (Å²) in [5.41, 5.74) is 0. The number of phosphoric ester groups is 1. The van der Waals surface area contributed by atoms with Crippen molar-refractivity contribution in [1.29, 1.82) is 0 Å². The summed E-state index contributed by atoms with van der Waals surface area (Å²) in [6, 6.07) is 0. The van der Waals surface area contributed by atoms with E-state index in [9.17, 15) is 44.1 Å². The summed E-state index contributed by atoms with van der Waals surface area (Å²) in [5.74, 6) is -4.62. The van der Waals surface area contributed by atoms with Crippen LogP contribution in [0.15, 0.2) is 0 Å². The summed E-state index contributed by atoms with van der Waals surface area (Å²) in [7, 11) is -5.39. The maximum absolute atomic E-state index is 11.1. The number of Topliss-reactive ketones (excluding diaryl/α,β-unsaturated/α-hetero) is 2. The zero-order chi connectivity index (χ0) is 15.2. The molecule has 0 aliphatic rings. The topological polar surface area (TPSA) is 187 Å². The third-order valence-corrected chi connectivity index (χ3v) is 2.40. The molecule has 0 saturated carbocycles. The summed E-state index contributed by atoms with van der Waals surface area (Å²) in [6.45, 7) is -1.27. The normalized spacial score (nSPS) is 12.7. The average Bonchev–Trinajstić information content (AvgIpc) is 2.30. The second-order valence-electron chi connectivity index (χ2n) is 3.45. The molecule has 0 aromatic carbocycles. The molecule has 0 aliphatic carbocycles. The minimum atomic E-state index is -5.39. The fourth-order valence-electron chi connectivity index (χ4n) is 0.982. The monoisotopic (exact) mass is 366 g/mol. The smallest absolute Gasteiger partial charge is 0.790 e. The number of aliphatic hydroxyl groups excluding tert-OH is 2. The van der Waals surface area contributed by atoms with Gasteiger partial charge in [0.15, 0.2) is 11.6 Å². The van der Waals surface area contributed by atoms with Crippen molar-refractivity contribution in [1.82, 2.24) is 0 Å². The van der Waals surface area contributed by atoms with Crippen molar-refractivity contribution in [3.63, 3.8) is 0 Å². The number of rotatable bonds is 9. The number of carbonyl (C=O) groups excluding carboxylic acids is 3. The zero-order valence-electron chi connectivity index (χ0n) is 12.4. The van der Waals surface area contributed by atoms with E-state index in [1.165, 1.54) is 0 Å². The molecule has 0 aliphatic heterocycles. The Hall–Kier alpha value is 1.84. The van der Waals surface area contributed by atoms with Gasteiger partial charge in [0, 0.05) is 6.42 Å². The standard InChI is InChI=1S/C8H13O10P.3Na/c9-4(1-2-5(10)8(13)14)7(12)6(11)3-18-19(15,16)17;;;/h4,7,9,12H,1-3H2,(H,13,14)(H2,15,16,17);;;/q;3*+1/p-3/t4-,7+;;;/m1.../s1. The van der Waals surface area contributed by atoms with Crippen molar-refractivity contribution in [3.05, 3.63) is 0 Å². The van der Waals surface area contributed by atoms with Gasteiger partial charge in [0.2, 0.25) is 0 Å². The first-order valence-corrected chi connectivity index (χ1v) is 6.30. The summed E-state index contributed by atoms with van der Waals surface area (Å²) >= 11 is 0. The van der Waals surface area contributed by atoms with Gasteiger partial charge in [-0.1, -0.05) is 0 Å². The molecule has 0 rings (SSSR count). The summed E-state index contributed by atoms with van der Waals surface area (Å²) in [5, 5.41) is 28.5. The Labute approximate surface area is 192 Å². The van der Waals surface area contributed by atoms with Crippen molar-refractivity contribution < 1.29 is 137 Å². The molecule has 0 saturated heterocycles. The van der Waals surface area contributed by atoms with E-state index in [2.05, 4.69) is 4.52 Å².